The predicted molar refractivity (Wildman–Crippen MR) is 299 cm³/mol. The van der Waals surface area contributed by atoms with Crippen LogP contribution in [-0.4, -0.2) is 10.6 Å². The van der Waals surface area contributed by atoms with Crippen molar-refractivity contribution in [3.05, 3.63) is 278 Å². The van der Waals surface area contributed by atoms with E-state index in [0.29, 0.717) is 0 Å². The second-order valence-corrected chi connectivity index (χ2v) is 19.1. The van der Waals surface area contributed by atoms with Gasteiger partial charge in [0.25, 0.3) is 0 Å². The highest BCUT2D eigenvalue weighted by Gasteiger charge is 2.30. The lowest BCUT2D eigenvalue weighted by molar-refractivity contribution is 0.748. The van der Waals surface area contributed by atoms with Crippen LogP contribution in [-0.2, 0) is 0 Å². The fourth-order valence-corrected chi connectivity index (χ4v) is 12.0. The highest BCUT2D eigenvalue weighted by atomic mass is 32.1. The monoisotopic (exact) mass is 913 g/mol. The van der Waals surface area contributed by atoms with Crippen molar-refractivity contribution >= 4 is 81.6 Å². The molecule has 0 bridgehead atoms. The minimum Gasteiger partial charge on any atom is -0.334 e. The van der Waals surface area contributed by atoms with Gasteiger partial charge in [-0.25, -0.2) is 0 Å². The van der Waals surface area contributed by atoms with Crippen LogP contribution in [0.4, 0.5) is 22.7 Å². The van der Waals surface area contributed by atoms with Crippen molar-refractivity contribution in [1.82, 2.24) is 4.57 Å². The molecule has 0 amide bonds. The lowest BCUT2D eigenvalue weighted by Crippen LogP contribution is -2.34. The maximum atomic E-state index is 2.55. The van der Waals surface area contributed by atoms with E-state index in [9.17, 15) is 0 Å². The molecule has 0 spiro atoms. The SMILES string of the molecule is C1=C(c2cc3c4ccccc4n(-c4ccccc4)c3c3sc4ccccc4c23)C=C(N(c2ccccc2)c2cccc(-c3ccccc3)c2)CC1N(c1ccccc1)c1ccc(-c2ccccc2)cc1. The van der Waals surface area contributed by atoms with Gasteiger partial charge >= 0.3 is 0 Å². The van der Waals surface area contributed by atoms with Gasteiger partial charge in [-0.2, -0.15) is 0 Å². The van der Waals surface area contributed by atoms with Gasteiger partial charge in [-0.3, -0.25) is 0 Å². The summed E-state index contributed by atoms with van der Waals surface area (Å²) in [6, 6.07) is 92.6. The molecular formula is C66H47N3S. The minimum absolute atomic E-state index is 0.0789. The molecule has 3 nitrogen and oxygen atoms in total. The van der Waals surface area contributed by atoms with Crippen molar-refractivity contribution in [3.63, 3.8) is 0 Å². The van der Waals surface area contributed by atoms with Crippen LogP contribution in [0.15, 0.2) is 273 Å². The second kappa shape index (κ2) is 17.7. The van der Waals surface area contributed by atoms with Crippen molar-refractivity contribution in [1.29, 1.82) is 0 Å². The van der Waals surface area contributed by atoms with E-state index in [-0.39, 0.29) is 6.04 Å². The van der Waals surface area contributed by atoms with Crippen molar-refractivity contribution in [2.75, 3.05) is 9.80 Å². The number of para-hydroxylation sites is 4. The molecule has 70 heavy (non-hydrogen) atoms. The summed E-state index contributed by atoms with van der Waals surface area (Å²) in [6.07, 6.45) is 5.78. The first-order chi connectivity index (χ1) is 34.7. The molecule has 0 saturated heterocycles. The third-order valence-electron chi connectivity index (χ3n) is 13.9. The maximum absolute atomic E-state index is 2.55. The first kappa shape index (κ1) is 41.5. The molecule has 2 aromatic heterocycles. The number of benzene rings is 10. The van der Waals surface area contributed by atoms with Gasteiger partial charge in [0.05, 0.1) is 21.8 Å². The van der Waals surface area contributed by atoms with E-state index in [1.807, 2.05) is 11.3 Å². The number of hydrogen-bond acceptors (Lipinski definition) is 3. The van der Waals surface area contributed by atoms with Gasteiger partial charge < -0.3 is 14.4 Å². The standard InChI is InChI=1S/C66H47N3S/c1-6-21-46(22-7-1)48-37-39-54(40-38-48)67(51-26-10-3-11-27-51)56-42-50(43-57(44-56)68(52-28-12-4-13-29-52)55-32-20-25-49(41-55)47-23-8-2-9-24-47)60-45-61-58-33-16-18-35-62(58)69(53-30-14-5-15-31-53)65(61)66-64(60)59-34-17-19-36-63(59)70-66/h1-43,45,56H,44H2. The first-order valence-electron chi connectivity index (χ1n) is 24.1. The normalized spacial score (nSPS) is 13.7. The average molecular weight is 914 g/mol. The van der Waals surface area contributed by atoms with Crippen LogP contribution in [0.5, 0.6) is 0 Å². The predicted octanol–water partition coefficient (Wildman–Crippen LogP) is 18.2. The molecule has 1 aliphatic carbocycles. The Morgan fingerprint density at radius 2 is 0.971 bits per heavy atom. The van der Waals surface area contributed by atoms with Gasteiger partial charge in [0.1, 0.15) is 0 Å². The summed E-state index contributed by atoms with van der Waals surface area (Å²) in [6.45, 7) is 0. The number of allylic oxidation sites excluding steroid dienone is 2. The highest BCUT2D eigenvalue weighted by molar-refractivity contribution is 7.26. The Labute approximate surface area is 412 Å². The molecule has 10 aromatic carbocycles. The summed E-state index contributed by atoms with van der Waals surface area (Å²) in [5.41, 5.74) is 16.5. The quantitative estimate of drug-likeness (QED) is 0.135. The van der Waals surface area contributed by atoms with Crippen molar-refractivity contribution in [2.24, 2.45) is 0 Å². The topological polar surface area (TPSA) is 11.4 Å². The number of aromatic nitrogens is 1. The summed E-state index contributed by atoms with van der Waals surface area (Å²) in [4.78, 5) is 5.05. The Morgan fingerprint density at radius 3 is 1.69 bits per heavy atom. The molecule has 0 radical (unpaired) electrons. The summed E-state index contributed by atoms with van der Waals surface area (Å²) >= 11 is 1.90. The molecule has 0 aliphatic heterocycles. The largest absolute Gasteiger partial charge is 0.334 e. The number of fused-ring (bicyclic) bond motifs is 7. The van der Waals surface area contributed by atoms with Gasteiger partial charge in [0.2, 0.25) is 0 Å². The molecule has 332 valence electrons. The van der Waals surface area contributed by atoms with E-state index in [4.69, 9.17) is 0 Å². The van der Waals surface area contributed by atoms with Gasteiger partial charge in [-0.1, -0.05) is 182 Å². The zero-order valence-corrected chi connectivity index (χ0v) is 39.3. The molecule has 0 saturated carbocycles. The minimum atomic E-state index is -0.0789. The molecule has 0 fully saturated rings. The molecule has 4 heteroatoms. The summed E-state index contributed by atoms with van der Waals surface area (Å²) in [5.74, 6) is 0. The molecular weight excluding hydrogens is 867 g/mol. The fraction of sp³-hybridized carbons (Fsp3) is 0.0303. The van der Waals surface area contributed by atoms with E-state index in [0.717, 1.165) is 34.9 Å². The Hall–Kier alpha value is -8.70. The average Bonchev–Trinajstić information content (AvgIpc) is 3.99. The molecule has 1 atom stereocenters. The second-order valence-electron chi connectivity index (χ2n) is 18.0. The van der Waals surface area contributed by atoms with Crippen LogP contribution in [0.25, 0.3) is 75.5 Å². The van der Waals surface area contributed by atoms with E-state index in [1.165, 1.54) is 81.1 Å². The maximum Gasteiger partial charge on any atom is 0.0720 e. The summed E-state index contributed by atoms with van der Waals surface area (Å²) in [7, 11) is 0. The zero-order chi connectivity index (χ0) is 46.4. The molecule has 13 rings (SSSR count). The van der Waals surface area contributed by atoms with E-state index in [2.05, 4.69) is 281 Å². The Bertz CT molecular complexity index is 3890. The van der Waals surface area contributed by atoms with Gasteiger partial charge in [-0.15, -0.1) is 11.3 Å². The van der Waals surface area contributed by atoms with Crippen molar-refractivity contribution < 1.29 is 0 Å². The van der Waals surface area contributed by atoms with E-state index >= 15 is 0 Å². The van der Waals surface area contributed by atoms with Crippen LogP contribution in [0.1, 0.15) is 12.0 Å². The van der Waals surface area contributed by atoms with E-state index < -0.39 is 0 Å². The Morgan fingerprint density at radius 1 is 0.429 bits per heavy atom. The zero-order valence-electron chi connectivity index (χ0n) is 38.4. The number of nitrogens with zero attached hydrogens (tertiary/aromatic N) is 3. The summed E-state index contributed by atoms with van der Waals surface area (Å²) < 4.78 is 5.05. The number of thiophene rings is 1. The third kappa shape index (κ3) is 7.38. The smallest absolute Gasteiger partial charge is 0.0720 e. The molecule has 2 heterocycles. The first-order valence-corrected chi connectivity index (χ1v) is 24.9. The van der Waals surface area contributed by atoms with Crippen molar-refractivity contribution in [2.45, 2.75) is 12.5 Å². The molecule has 12 aromatic rings. The molecule has 1 unspecified atom stereocenters. The fourth-order valence-electron chi connectivity index (χ4n) is 10.7. The Kier molecular flexibility index (Phi) is 10.5. The lowest BCUT2D eigenvalue weighted by Gasteiger charge is -2.38. The third-order valence-corrected chi connectivity index (χ3v) is 15.0. The van der Waals surface area contributed by atoms with Gasteiger partial charge in [-0.05, 0) is 118 Å². The van der Waals surface area contributed by atoms with Crippen molar-refractivity contribution in [3.8, 4) is 27.9 Å². The van der Waals surface area contributed by atoms with E-state index in [1.54, 1.807) is 0 Å². The van der Waals surface area contributed by atoms with Crippen LogP contribution < -0.4 is 9.80 Å². The Balaban J connectivity index is 1.09. The number of hydrogen-bond donors (Lipinski definition) is 0. The van der Waals surface area contributed by atoms with Gasteiger partial charge in [0, 0.05) is 66.8 Å². The summed E-state index contributed by atoms with van der Waals surface area (Å²) in [5, 5.41) is 5.05. The lowest BCUT2D eigenvalue weighted by atomic mass is 9.89. The van der Waals surface area contributed by atoms with Crippen LogP contribution in [0, 0.1) is 0 Å². The highest BCUT2D eigenvalue weighted by Crippen LogP contribution is 2.49. The van der Waals surface area contributed by atoms with Crippen LogP contribution in [0.2, 0.25) is 0 Å². The van der Waals surface area contributed by atoms with Crippen LogP contribution in [0.3, 0.4) is 0 Å². The number of anilines is 4. The molecule has 0 N–H and O–H groups in total. The van der Waals surface area contributed by atoms with Crippen LogP contribution >= 0.6 is 11.3 Å². The molecule has 1 aliphatic rings. The van der Waals surface area contributed by atoms with Gasteiger partial charge in [0.15, 0.2) is 0 Å². The number of rotatable bonds is 10.